The molecule has 0 aliphatic carbocycles. The van der Waals surface area contributed by atoms with Gasteiger partial charge >= 0.3 is 12.3 Å². The highest BCUT2D eigenvalue weighted by Crippen LogP contribution is 2.41. The number of carbonyl (C=O) groups excluding carboxylic acids is 2. The van der Waals surface area contributed by atoms with Crippen molar-refractivity contribution in [1.29, 1.82) is 0 Å². The van der Waals surface area contributed by atoms with Crippen molar-refractivity contribution < 1.29 is 32.6 Å². The molecule has 4 heterocycles. The molecule has 2 amide bonds. The first-order valence-corrected chi connectivity index (χ1v) is 16.4. The summed E-state index contributed by atoms with van der Waals surface area (Å²) in [6.45, 7) is 7.35. The lowest BCUT2D eigenvalue weighted by atomic mass is 9.90. The fourth-order valence-corrected chi connectivity index (χ4v) is 6.77. The molecular weight excluding hydrogens is 649 g/mol. The molecule has 0 saturated carbocycles. The van der Waals surface area contributed by atoms with E-state index in [4.69, 9.17) is 4.74 Å². The fourth-order valence-electron chi connectivity index (χ4n) is 5.77. The summed E-state index contributed by atoms with van der Waals surface area (Å²) in [7, 11) is 1.70. The van der Waals surface area contributed by atoms with Gasteiger partial charge in [0.25, 0.3) is 5.56 Å². The Balaban J connectivity index is 1.24. The van der Waals surface area contributed by atoms with Crippen LogP contribution in [-0.2, 0) is 29.7 Å². The molecule has 11 nitrogen and oxygen atoms in total. The van der Waals surface area contributed by atoms with Crippen LogP contribution in [0.2, 0.25) is 0 Å². The van der Waals surface area contributed by atoms with Gasteiger partial charge in [-0.05, 0) is 58.2 Å². The number of halogens is 3. The van der Waals surface area contributed by atoms with Gasteiger partial charge in [0.15, 0.2) is 5.52 Å². The molecule has 1 fully saturated rings. The van der Waals surface area contributed by atoms with Crippen LogP contribution in [0, 0.1) is 6.92 Å². The van der Waals surface area contributed by atoms with Crippen LogP contribution in [-0.4, -0.2) is 71.8 Å². The first kappa shape index (κ1) is 35.1. The summed E-state index contributed by atoms with van der Waals surface area (Å²) >= 11 is 1.03. The van der Waals surface area contributed by atoms with Crippen LogP contribution in [0.3, 0.4) is 0 Å². The number of aromatic nitrogens is 4. The van der Waals surface area contributed by atoms with Crippen molar-refractivity contribution >= 4 is 34.4 Å². The van der Waals surface area contributed by atoms with Gasteiger partial charge in [0.1, 0.15) is 11.1 Å². The topological polar surface area (TPSA) is 132 Å². The molecule has 4 aromatic rings. The molecule has 15 heteroatoms. The quantitative estimate of drug-likeness (QED) is 0.258. The maximum Gasteiger partial charge on any atom is 0.407 e. The number of hydrogen-bond acceptors (Lipinski definition) is 8. The molecule has 1 aliphatic heterocycles. The largest absolute Gasteiger partial charge is 0.444 e. The molecular formula is C33H39F3N6O5S. The summed E-state index contributed by atoms with van der Waals surface area (Å²) in [5, 5.41) is 18.5. The van der Waals surface area contributed by atoms with E-state index in [2.05, 4.69) is 15.4 Å². The van der Waals surface area contributed by atoms with Crippen LogP contribution in [0.4, 0.5) is 18.0 Å². The van der Waals surface area contributed by atoms with E-state index in [0.717, 1.165) is 27.3 Å². The van der Waals surface area contributed by atoms with Crippen molar-refractivity contribution in [2.75, 3.05) is 13.1 Å². The number of likely N-dealkylation sites (tertiary alicyclic amines) is 1. The molecule has 5 rings (SSSR count). The van der Waals surface area contributed by atoms with Crippen LogP contribution >= 0.6 is 11.3 Å². The van der Waals surface area contributed by atoms with Crippen LogP contribution in [0.25, 0.3) is 22.3 Å². The number of carbonyl (C=O) groups is 2. The molecule has 1 saturated heterocycles. The molecule has 3 aromatic heterocycles. The Labute approximate surface area is 279 Å². The zero-order valence-electron chi connectivity index (χ0n) is 27.4. The number of aryl methyl sites for hydroxylation is 2. The van der Waals surface area contributed by atoms with E-state index in [9.17, 15) is 32.7 Å². The Morgan fingerprint density at radius 2 is 1.75 bits per heavy atom. The maximum atomic E-state index is 13.8. The predicted octanol–water partition coefficient (Wildman–Crippen LogP) is 5.28. The Kier molecular flexibility index (Phi) is 9.75. The van der Waals surface area contributed by atoms with Gasteiger partial charge in [-0.2, -0.15) is 18.3 Å². The van der Waals surface area contributed by atoms with Crippen molar-refractivity contribution in [1.82, 2.24) is 29.5 Å². The average Bonchev–Trinajstić information content (AvgIpc) is 3.57. The van der Waals surface area contributed by atoms with Crippen LogP contribution in [0.5, 0.6) is 0 Å². The summed E-state index contributed by atoms with van der Waals surface area (Å²) in [6.07, 6.45) is -4.27. The number of piperidine rings is 1. The normalized spacial score (nSPS) is 15.8. The number of fused-ring (bicyclic) bond motifs is 1. The van der Waals surface area contributed by atoms with Gasteiger partial charge in [0.05, 0.1) is 30.1 Å². The second kappa shape index (κ2) is 13.3. The molecule has 0 spiro atoms. The molecule has 258 valence electrons. The number of hydrogen-bond donors (Lipinski definition) is 2. The molecule has 48 heavy (non-hydrogen) atoms. The fraction of sp³-hybridized carbons (Fsp3) is 0.485. The zero-order valence-corrected chi connectivity index (χ0v) is 28.2. The Hall–Kier alpha value is -4.24. The number of alkyl halides is 3. The number of benzene rings is 1. The summed E-state index contributed by atoms with van der Waals surface area (Å²) < 4.78 is 49.6. The van der Waals surface area contributed by atoms with E-state index >= 15 is 0 Å². The van der Waals surface area contributed by atoms with Gasteiger partial charge in [-0.1, -0.05) is 24.3 Å². The van der Waals surface area contributed by atoms with Gasteiger partial charge in [0.2, 0.25) is 5.91 Å². The number of alkyl carbamates (subject to hydrolysis) is 1. The van der Waals surface area contributed by atoms with E-state index in [1.54, 1.807) is 45.5 Å². The van der Waals surface area contributed by atoms with Crippen molar-refractivity contribution in [3.8, 4) is 11.3 Å². The maximum absolute atomic E-state index is 13.8. The predicted molar refractivity (Wildman–Crippen MR) is 175 cm³/mol. The van der Waals surface area contributed by atoms with Crippen LogP contribution in [0.15, 0.2) is 47.5 Å². The number of ether oxygens (including phenoxy) is 1. The van der Waals surface area contributed by atoms with Crippen molar-refractivity contribution in [2.24, 2.45) is 7.05 Å². The van der Waals surface area contributed by atoms with Gasteiger partial charge in [0, 0.05) is 48.4 Å². The van der Waals surface area contributed by atoms with Gasteiger partial charge < -0.3 is 20.1 Å². The number of thiophene rings is 1. The molecule has 0 bridgehead atoms. The van der Waals surface area contributed by atoms with E-state index in [1.165, 1.54) is 21.9 Å². The van der Waals surface area contributed by atoms with Gasteiger partial charge in [-0.25, -0.2) is 9.78 Å². The average molecular weight is 689 g/mol. The zero-order chi connectivity index (χ0) is 35.0. The van der Waals surface area contributed by atoms with Crippen LogP contribution in [0.1, 0.15) is 61.3 Å². The number of amides is 2. The molecule has 0 radical (unpaired) electrons. The summed E-state index contributed by atoms with van der Waals surface area (Å²) in [6, 6.07) is 10.4. The highest BCUT2D eigenvalue weighted by Gasteiger charge is 2.44. The monoisotopic (exact) mass is 688 g/mol. The second-order valence-electron chi connectivity index (χ2n) is 13.3. The molecule has 2 N–H and O–H groups in total. The highest BCUT2D eigenvalue weighted by molar-refractivity contribution is 7.12. The van der Waals surface area contributed by atoms with E-state index < -0.39 is 47.3 Å². The molecule has 1 aromatic carbocycles. The lowest BCUT2D eigenvalue weighted by Crippen LogP contribution is -2.50. The smallest absolute Gasteiger partial charge is 0.407 e. The third-order valence-electron chi connectivity index (χ3n) is 8.26. The summed E-state index contributed by atoms with van der Waals surface area (Å²) in [5.41, 5.74) is 0.271. The van der Waals surface area contributed by atoms with Crippen LogP contribution < -0.4 is 10.9 Å². The Bertz CT molecular complexity index is 1850. The third-order valence-corrected chi connectivity index (χ3v) is 9.38. The van der Waals surface area contributed by atoms with Crippen molar-refractivity contribution in [3.63, 3.8) is 0 Å². The molecule has 1 atom stereocenters. The highest BCUT2D eigenvalue weighted by atomic mass is 32.1. The van der Waals surface area contributed by atoms with Crippen molar-refractivity contribution in [3.05, 3.63) is 68.4 Å². The minimum absolute atomic E-state index is 0.0603. The minimum Gasteiger partial charge on any atom is -0.444 e. The first-order chi connectivity index (χ1) is 22.4. The van der Waals surface area contributed by atoms with Gasteiger partial charge in [-0.15, -0.1) is 11.3 Å². The minimum atomic E-state index is -4.56. The second-order valence-corrected chi connectivity index (χ2v) is 14.6. The number of aliphatic hydroxyl groups is 1. The van der Waals surface area contributed by atoms with E-state index in [0.29, 0.717) is 11.2 Å². The Morgan fingerprint density at radius 1 is 1.08 bits per heavy atom. The standard InChI is InChI=1S/C33H39F3N6O5S/c1-20-6-11-24(48-20)23(33(34,35)36)16-25(43)41-14-12-32(46,13-15-41)18-42-19-38-26-27(29(42)44)39-40(5)28(26)22-9-7-21(8-10-22)17-37-30(45)47-31(2,3)4/h6-11,19,23,46H,12-18H2,1-5H3,(H,37,45)/t23-/m1/s1. The lowest BCUT2D eigenvalue weighted by Gasteiger charge is -2.38. The summed E-state index contributed by atoms with van der Waals surface area (Å²) in [4.78, 5) is 45.1. The van der Waals surface area contributed by atoms with Crippen molar-refractivity contribution in [2.45, 2.75) is 83.3 Å². The molecule has 1 aliphatic rings. The van der Waals surface area contributed by atoms with E-state index in [1.807, 2.05) is 24.3 Å². The number of rotatable bonds is 8. The lowest BCUT2D eigenvalue weighted by molar-refractivity contribution is -0.161. The first-order valence-electron chi connectivity index (χ1n) is 15.5. The SMILES string of the molecule is Cc1ccc([C@@H](CC(=O)N2CCC(O)(Cn3cnc4c(-c5ccc(CNC(=O)OC(C)(C)C)cc5)n(C)nc4c3=O)CC2)C(F)(F)F)s1. The number of nitrogens with one attached hydrogen (secondary N) is 1. The van der Waals surface area contributed by atoms with Gasteiger partial charge in [-0.3, -0.25) is 18.8 Å². The molecule has 0 unspecified atom stereocenters. The number of nitrogens with zero attached hydrogens (tertiary/aromatic N) is 5. The van der Waals surface area contributed by atoms with E-state index in [-0.39, 0.29) is 49.4 Å². The summed E-state index contributed by atoms with van der Waals surface area (Å²) in [5.74, 6) is -2.51. The Morgan fingerprint density at radius 3 is 2.33 bits per heavy atom. The third kappa shape index (κ3) is 8.06.